The Kier molecular flexibility index (Phi) is 6.66. The Hall–Kier alpha value is -4.09. The van der Waals surface area contributed by atoms with Crippen molar-refractivity contribution in [1.29, 1.82) is 5.26 Å². The Morgan fingerprint density at radius 2 is 1.80 bits per heavy atom. The van der Waals surface area contributed by atoms with Crippen molar-refractivity contribution >= 4 is 32.0 Å². The van der Waals surface area contributed by atoms with Gasteiger partial charge in [0.05, 0.1) is 11.8 Å². The number of fused-ring (bicyclic) bond motifs is 1. The molecule has 2 fully saturated rings. The molecule has 0 aliphatic heterocycles. The molecular formula is C30H30FN6O3P. The predicted octanol–water partition coefficient (Wildman–Crippen LogP) is 5.00. The van der Waals surface area contributed by atoms with Gasteiger partial charge in [-0.05, 0) is 85.9 Å². The van der Waals surface area contributed by atoms with Crippen LogP contribution in [0.2, 0.25) is 0 Å². The lowest BCUT2D eigenvalue weighted by atomic mass is 9.79. The maximum Gasteiger partial charge on any atom is 0.287 e. The summed E-state index contributed by atoms with van der Waals surface area (Å²) in [6, 6.07) is 15.6. The van der Waals surface area contributed by atoms with Gasteiger partial charge in [0, 0.05) is 5.39 Å². The second-order valence-corrected chi connectivity index (χ2v) is 12.2. The Bertz CT molecular complexity index is 1680. The predicted molar refractivity (Wildman–Crippen MR) is 154 cm³/mol. The van der Waals surface area contributed by atoms with Crippen LogP contribution >= 0.6 is 9.24 Å². The zero-order chi connectivity index (χ0) is 28.8. The summed E-state index contributed by atoms with van der Waals surface area (Å²) in [5, 5.41) is 18.6. The largest absolute Gasteiger partial charge is 0.451 e. The number of alkyl halides is 1. The van der Waals surface area contributed by atoms with Gasteiger partial charge in [-0.2, -0.15) is 10.4 Å². The highest BCUT2D eigenvalue weighted by Gasteiger charge is 2.52. The van der Waals surface area contributed by atoms with E-state index in [1.807, 2.05) is 30.3 Å². The van der Waals surface area contributed by atoms with Crippen LogP contribution in [-0.2, 0) is 11.2 Å². The Morgan fingerprint density at radius 1 is 1.07 bits per heavy atom. The number of amides is 2. The third kappa shape index (κ3) is 5.22. The molecule has 11 heteroatoms. The summed E-state index contributed by atoms with van der Waals surface area (Å²) in [4.78, 5) is 30.9. The Labute approximate surface area is 238 Å². The highest BCUT2D eigenvalue weighted by Crippen LogP contribution is 2.43. The second-order valence-electron chi connectivity index (χ2n) is 11.1. The number of furan rings is 1. The van der Waals surface area contributed by atoms with Gasteiger partial charge in [-0.1, -0.05) is 34.4 Å². The molecule has 2 heterocycles. The molecule has 1 atom stereocenters. The second kappa shape index (κ2) is 10.1. The highest BCUT2D eigenvalue weighted by molar-refractivity contribution is 7.18. The summed E-state index contributed by atoms with van der Waals surface area (Å²) in [6.45, 7) is 2.08. The first-order valence-electron chi connectivity index (χ1n) is 13.7. The SMILES string of the molecule is CCc1cc(-c2ccc3cc(C(=O)NC4(C(=O)NC5(C#N)CC5)CCC(F)(P)CC4)oc3c2)ccc1-n1cncn1. The molecule has 0 radical (unpaired) electrons. The summed E-state index contributed by atoms with van der Waals surface area (Å²) in [6.07, 6.45) is 5.49. The highest BCUT2D eigenvalue weighted by atomic mass is 31.0. The molecule has 2 aliphatic carbocycles. The van der Waals surface area contributed by atoms with E-state index in [1.165, 1.54) is 6.33 Å². The minimum atomic E-state index is -1.50. The van der Waals surface area contributed by atoms with Crippen molar-refractivity contribution in [2.24, 2.45) is 0 Å². The lowest BCUT2D eigenvalue weighted by Gasteiger charge is -2.41. The number of nitrogens with zero attached hydrogens (tertiary/aromatic N) is 4. The zero-order valence-electron chi connectivity index (χ0n) is 22.6. The molecule has 2 amide bonds. The van der Waals surface area contributed by atoms with Crippen molar-refractivity contribution in [2.45, 2.75) is 68.4 Å². The van der Waals surface area contributed by atoms with Crippen LogP contribution in [0.15, 0.2) is 59.5 Å². The molecule has 41 heavy (non-hydrogen) atoms. The van der Waals surface area contributed by atoms with Crippen LogP contribution in [-0.4, -0.2) is 43.1 Å². The first-order chi connectivity index (χ1) is 19.6. The van der Waals surface area contributed by atoms with Crippen LogP contribution in [0.1, 0.15) is 61.6 Å². The van der Waals surface area contributed by atoms with Crippen molar-refractivity contribution in [3.8, 4) is 22.9 Å². The Morgan fingerprint density at radius 3 is 2.46 bits per heavy atom. The maximum absolute atomic E-state index is 14.7. The third-order valence-corrected chi connectivity index (χ3v) is 8.82. The number of nitrogens with one attached hydrogen (secondary N) is 2. The first-order valence-corrected chi connectivity index (χ1v) is 14.3. The first kappa shape index (κ1) is 27.1. The van der Waals surface area contributed by atoms with Gasteiger partial charge in [0.25, 0.3) is 5.91 Å². The molecule has 2 N–H and O–H groups in total. The van der Waals surface area contributed by atoms with Gasteiger partial charge < -0.3 is 15.1 Å². The minimum absolute atomic E-state index is 0.0597. The fourth-order valence-corrected chi connectivity index (χ4v) is 5.72. The van der Waals surface area contributed by atoms with E-state index in [0.29, 0.717) is 18.4 Å². The van der Waals surface area contributed by atoms with Crippen molar-refractivity contribution in [2.75, 3.05) is 0 Å². The van der Waals surface area contributed by atoms with Gasteiger partial charge in [0.15, 0.2) is 5.76 Å². The topological polar surface area (TPSA) is 126 Å². The number of rotatable bonds is 7. The minimum Gasteiger partial charge on any atom is -0.451 e. The summed E-state index contributed by atoms with van der Waals surface area (Å²) < 4.78 is 22.4. The van der Waals surface area contributed by atoms with E-state index in [0.717, 1.165) is 34.2 Å². The van der Waals surface area contributed by atoms with Gasteiger partial charge in [-0.15, -0.1) is 0 Å². The van der Waals surface area contributed by atoms with Crippen molar-refractivity contribution < 1.29 is 18.4 Å². The number of carbonyl (C=O) groups is 2. The molecule has 2 saturated carbocycles. The molecule has 2 aromatic heterocycles. The zero-order valence-corrected chi connectivity index (χ0v) is 23.8. The summed E-state index contributed by atoms with van der Waals surface area (Å²) >= 11 is 0. The molecule has 0 spiro atoms. The number of aromatic nitrogens is 3. The number of hydrogen-bond acceptors (Lipinski definition) is 6. The van der Waals surface area contributed by atoms with Crippen LogP contribution in [0, 0.1) is 11.3 Å². The fourth-order valence-electron chi connectivity index (χ4n) is 5.43. The average molecular weight is 573 g/mol. The van der Waals surface area contributed by atoms with E-state index in [-0.39, 0.29) is 31.4 Å². The standard InChI is InChI=1S/C30H30FN6O3P/c1-2-19-13-20(5-6-23(19)37-18-33-17-34-37)21-3-4-22-15-25(40-24(22)14-21)26(38)35-29(9-11-30(31,41)12-10-29)27(39)36-28(16-32)7-8-28/h3-6,13-15,17-18H,2,7-12,41H2,1H3,(H,35,38)(H,36,39). The average Bonchev–Trinajstić information content (AvgIpc) is 3.34. The molecule has 0 saturated heterocycles. The van der Waals surface area contributed by atoms with E-state index in [2.05, 4.69) is 49.0 Å². The van der Waals surface area contributed by atoms with Crippen molar-refractivity contribution in [3.63, 3.8) is 0 Å². The smallest absolute Gasteiger partial charge is 0.287 e. The van der Waals surface area contributed by atoms with Crippen LogP contribution in [0.5, 0.6) is 0 Å². The molecule has 2 aromatic carbocycles. The Balaban J connectivity index is 1.26. The molecule has 1 unspecified atom stereocenters. The number of hydrogen-bond donors (Lipinski definition) is 2. The van der Waals surface area contributed by atoms with Gasteiger partial charge in [0.2, 0.25) is 5.91 Å². The van der Waals surface area contributed by atoms with Crippen LogP contribution in [0.3, 0.4) is 0 Å². The fraction of sp³-hybridized carbons (Fsp3) is 0.367. The molecule has 210 valence electrons. The van der Waals surface area contributed by atoms with Crippen LogP contribution in [0.25, 0.3) is 27.8 Å². The maximum atomic E-state index is 14.7. The van der Waals surface area contributed by atoms with E-state index >= 15 is 0 Å². The molecule has 4 aromatic rings. The number of aryl methyl sites for hydroxylation is 1. The molecule has 9 nitrogen and oxygen atoms in total. The monoisotopic (exact) mass is 572 g/mol. The molecule has 0 bridgehead atoms. The summed E-state index contributed by atoms with van der Waals surface area (Å²) in [7, 11) is 2.21. The van der Waals surface area contributed by atoms with Crippen molar-refractivity contribution in [1.82, 2.24) is 25.4 Å². The van der Waals surface area contributed by atoms with Gasteiger partial charge in [-0.3, -0.25) is 9.59 Å². The van der Waals surface area contributed by atoms with Crippen LogP contribution in [0.4, 0.5) is 4.39 Å². The summed E-state index contributed by atoms with van der Waals surface area (Å²) in [5.41, 5.74) is 2.28. The van der Waals surface area contributed by atoms with Crippen molar-refractivity contribution in [3.05, 3.63) is 66.4 Å². The molecule has 2 aliphatic rings. The lowest BCUT2D eigenvalue weighted by Crippen LogP contribution is -2.62. The summed E-state index contributed by atoms with van der Waals surface area (Å²) in [5.74, 6) is -0.949. The van der Waals surface area contributed by atoms with E-state index in [9.17, 15) is 19.2 Å². The van der Waals surface area contributed by atoms with Crippen LogP contribution < -0.4 is 10.6 Å². The van der Waals surface area contributed by atoms with Gasteiger partial charge in [0.1, 0.15) is 34.7 Å². The lowest BCUT2D eigenvalue weighted by molar-refractivity contribution is -0.130. The molecule has 6 rings (SSSR count). The van der Waals surface area contributed by atoms with Gasteiger partial charge in [-0.25, -0.2) is 14.1 Å². The quantitative estimate of drug-likeness (QED) is 0.300. The van der Waals surface area contributed by atoms with Gasteiger partial charge >= 0.3 is 0 Å². The number of carbonyl (C=O) groups excluding carboxylic acids is 2. The van der Waals surface area contributed by atoms with E-state index in [4.69, 9.17) is 4.42 Å². The number of benzene rings is 2. The van der Waals surface area contributed by atoms with E-state index < -0.39 is 28.3 Å². The number of nitriles is 1. The molecular weight excluding hydrogens is 542 g/mol. The van der Waals surface area contributed by atoms with E-state index in [1.54, 1.807) is 17.1 Å². The normalized spacial score (nSPS) is 23.1. The number of halogens is 1. The third-order valence-electron chi connectivity index (χ3n) is 8.24.